The zero-order valence-corrected chi connectivity index (χ0v) is 13.6. The van der Waals surface area contributed by atoms with Gasteiger partial charge in [-0.3, -0.25) is 0 Å². The molecule has 0 radical (unpaired) electrons. The number of rotatable bonds is 3. The molecule has 1 heterocycles. The van der Waals surface area contributed by atoms with Gasteiger partial charge in [0.1, 0.15) is 0 Å². The van der Waals surface area contributed by atoms with Crippen LogP contribution in [0.2, 0.25) is 5.02 Å². The van der Waals surface area contributed by atoms with E-state index in [1.165, 1.54) is 5.69 Å². The van der Waals surface area contributed by atoms with E-state index >= 15 is 0 Å². The summed E-state index contributed by atoms with van der Waals surface area (Å²) in [5.74, 6) is 0. The number of hydrogen-bond donors (Lipinski definition) is 1. The van der Waals surface area contributed by atoms with Crippen molar-refractivity contribution in [1.82, 2.24) is 5.32 Å². The first-order valence-electron chi connectivity index (χ1n) is 7.25. The minimum absolute atomic E-state index is 0.0979. The zero-order chi connectivity index (χ0) is 14.8. The van der Waals surface area contributed by atoms with Crippen LogP contribution < -0.4 is 10.2 Å². The Labute approximate surface area is 127 Å². The van der Waals surface area contributed by atoms with Gasteiger partial charge in [-0.1, -0.05) is 17.7 Å². The third kappa shape index (κ3) is 4.11. The number of anilines is 1. The number of nitrogens with zero attached hydrogens (tertiary/aromatic N) is 1. The highest BCUT2D eigenvalue weighted by Crippen LogP contribution is 2.26. The van der Waals surface area contributed by atoms with E-state index in [-0.39, 0.29) is 5.54 Å². The van der Waals surface area contributed by atoms with Crippen molar-refractivity contribution in [2.45, 2.75) is 45.8 Å². The van der Waals surface area contributed by atoms with Gasteiger partial charge in [0.05, 0.1) is 13.2 Å². The van der Waals surface area contributed by atoms with E-state index in [0.29, 0.717) is 6.04 Å². The highest BCUT2D eigenvalue weighted by Gasteiger charge is 2.19. The van der Waals surface area contributed by atoms with Crippen molar-refractivity contribution >= 4 is 17.3 Å². The minimum atomic E-state index is 0.0979. The molecule has 1 N–H and O–H groups in total. The Morgan fingerprint density at radius 2 is 2.15 bits per heavy atom. The number of morpholine rings is 1. The lowest BCUT2D eigenvalue weighted by molar-refractivity contribution is 0.0989. The summed E-state index contributed by atoms with van der Waals surface area (Å²) in [5, 5.41) is 4.30. The zero-order valence-electron chi connectivity index (χ0n) is 12.9. The summed E-state index contributed by atoms with van der Waals surface area (Å²) in [4.78, 5) is 2.36. The van der Waals surface area contributed by atoms with E-state index in [0.717, 1.165) is 36.9 Å². The second kappa shape index (κ2) is 6.33. The SMILES string of the molecule is CC1COCCN1c1ccc(CNC(C)(C)C)c(Cl)c1. The van der Waals surface area contributed by atoms with Crippen LogP contribution in [0.15, 0.2) is 18.2 Å². The molecule has 0 amide bonds. The molecule has 0 spiro atoms. The molecule has 1 atom stereocenters. The average Bonchev–Trinajstić information content (AvgIpc) is 2.37. The highest BCUT2D eigenvalue weighted by atomic mass is 35.5. The van der Waals surface area contributed by atoms with Gasteiger partial charge in [0, 0.05) is 35.4 Å². The number of halogens is 1. The van der Waals surface area contributed by atoms with Crippen molar-refractivity contribution in [3.8, 4) is 0 Å². The monoisotopic (exact) mass is 296 g/mol. The van der Waals surface area contributed by atoms with E-state index in [2.05, 4.69) is 56.1 Å². The Balaban J connectivity index is 2.09. The summed E-state index contributed by atoms with van der Waals surface area (Å²) in [5.41, 5.74) is 2.43. The van der Waals surface area contributed by atoms with Gasteiger partial charge >= 0.3 is 0 Å². The van der Waals surface area contributed by atoms with Crippen LogP contribution >= 0.6 is 11.6 Å². The number of benzene rings is 1. The largest absolute Gasteiger partial charge is 0.377 e. The fourth-order valence-corrected chi connectivity index (χ4v) is 2.57. The Kier molecular flexibility index (Phi) is 4.95. The van der Waals surface area contributed by atoms with E-state index in [1.807, 2.05) is 0 Å². The average molecular weight is 297 g/mol. The molecule has 1 fully saturated rings. The van der Waals surface area contributed by atoms with Gasteiger partial charge < -0.3 is 15.0 Å². The van der Waals surface area contributed by atoms with Crippen LogP contribution in [0.5, 0.6) is 0 Å². The fraction of sp³-hybridized carbons (Fsp3) is 0.625. The van der Waals surface area contributed by atoms with Crippen molar-refractivity contribution in [2.75, 3.05) is 24.7 Å². The summed E-state index contributed by atoms with van der Waals surface area (Å²) in [6.07, 6.45) is 0. The Bertz CT molecular complexity index is 456. The van der Waals surface area contributed by atoms with Crippen LogP contribution in [0.25, 0.3) is 0 Å². The fourth-order valence-electron chi connectivity index (χ4n) is 2.33. The van der Waals surface area contributed by atoms with Gasteiger partial charge in [-0.15, -0.1) is 0 Å². The van der Waals surface area contributed by atoms with Crippen LogP contribution in [-0.2, 0) is 11.3 Å². The molecule has 3 nitrogen and oxygen atoms in total. The van der Waals surface area contributed by atoms with Gasteiger partial charge in [-0.05, 0) is 45.4 Å². The predicted octanol–water partition coefficient (Wildman–Crippen LogP) is 3.45. The number of ether oxygens (including phenoxy) is 1. The van der Waals surface area contributed by atoms with Crippen LogP contribution in [-0.4, -0.2) is 31.3 Å². The molecule has 2 rings (SSSR count). The van der Waals surface area contributed by atoms with Gasteiger partial charge in [-0.2, -0.15) is 0 Å². The second-order valence-electron chi connectivity index (χ2n) is 6.50. The van der Waals surface area contributed by atoms with E-state index in [1.54, 1.807) is 0 Å². The maximum atomic E-state index is 6.43. The van der Waals surface area contributed by atoms with Gasteiger partial charge in [-0.25, -0.2) is 0 Å². The summed E-state index contributed by atoms with van der Waals surface area (Å²) >= 11 is 6.43. The standard InChI is InChI=1S/C16H25ClN2O/c1-12-11-20-8-7-19(12)14-6-5-13(15(17)9-14)10-18-16(2,3)4/h5-6,9,12,18H,7-8,10-11H2,1-4H3. The van der Waals surface area contributed by atoms with E-state index in [9.17, 15) is 0 Å². The molecule has 1 aliphatic heterocycles. The van der Waals surface area contributed by atoms with Crippen molar-refractivity contribution in [1.29, 1.82) is 0 Å². The third-order valence-corrected chi connectivity index (χ3v) is 3.90. The van der Waals surface area contributed by atoms with Crippen molar-refractivity contribution in [2.24, 2.45) is 0 Å². The predicted molar refractivity (Wildman–Crippen MR) is 85.7 cm³/mol. The molecule has 0 saturated carbocycles. The highest BCUT2D eigenvalue weighted by molar-refractivity contribution is 6.31. The Morgan fingerprint density at radius 1 is 1.40 bits per heavy atom. The van der Waals surface area contributed by atoms with Crippen molar-refractivity contribution < 1.29 is 4.74 Å². The van der Waals surface area contributed by atoms with Gasteiger partial charge in [0.15, 0.2) is 0 Å². The summed E-state index contributed by atoms with van der Waals surface area (Å²) < 4.78 is 5.48. The Hall–Kier alpha value is -0.770. The van der Waals surface area contributed by atoms with Crippen LogP contribution in [0.4, 0.5) is 5.69 Å². The summed E-state index contributed by atoms with van der Waals surface area (Å²) in [6, 6.07) is 6.76. The first-order valence-corrected chi connectivity index (χ1v) is 7.62. The summed E-state index contributed by atoms with van der Waals surface area (Å²) in [6.45, 7) is 11.9. The van der Waals surface area contributed by atoms with Crippen LogP contribution in [0.1, 0.15) is 33.3 Å². The lowest BCUT2D eigenvalue weighted by atomic mass is 10.1. The molecule has 20 heavy (non-hydrogen) atoms. The van der Waals surface area contributed by atoms with Crippen LogP contribution in [0, 0.1) is 0 Å². The number of hydrogen-bond acceptors (Lipinski definition) is 3. The second-order valence-corrected chi connectivity index (χ2v) is 6.90. The molecule has 1 unspecified atom stereocenters. The Morgan fingerprint density at radius 3 is 2.75 bits per heavy atom. The maximum absolute atomic E-state index is 6.43. The summed E-state index contributed by atoms with van der Waals surface area (Å²) in [7, 11) is 0. The topological polar surface area (TPSA) is 24.5 Å². The normalized spacial score (nSPS) is 20.2. The van der Waals surface area contributed by atoms with E-state index < -0.39 is 0 Å². The molecule has 1 aromatic carbocycles. The van der Waals surface area contributed by atoms with Crippen molar-refractivity contribution in [3.63, 3.8) is 0 Å². The first kappa shape index (κ1) is 15.6. The smallest absolute Gasteiger partial charge is 0.0668 e. The molecule has 1 aromatic rings. The molecule has 4 heteroatoms. The maximum Gasteiger partial charge on any atom is 0.0668 e. The lowest BCUT2D eigenvalue weighted by Crippen LogP contribution is -2.43. The molecular weight excluding hydrogens is 272 g/mol. The molecule has 0 bridgehead atoms. The lowest BCUT2D eigenvalue weighted by Gasteiger charge is -2.35. The third-order valence-electron chi connectivity index (χ3n) is 3.55. The molecule has 112 valence electrons. The molecule has 1 saturated heterocycles. The van der Waals surface area contributed by atoms with Crippen molar-refractivity contribution in [3.05, 3.63) is 28.8 Å². The molecule has 0 aromatic heterocycles. The minimum Gasteiger partial charge on any atom is -0.377 e. The first-order chi connectivity index (χ1) is 9.37. The molecule has 1 aliphatic rings. The van der Waals surface area contributed by atoms with E-state index in [4.69, 9.17) is 16.3 Å². The number of nitrogens with one attached hydrogen (secondary N) is 1. The van der Waals surface area contributed by atoms with Gasteiger partial charge in [0.25, 0.3) is 0 Å². The van der Waals surface area contributed by atoms with Gasteiger partial charge in [0.2, 0.25) is 0 Å². The molecular formula is C16H25ClN2O. The quantitative estimate of drug-likeness (QED) is 0.924. The molecule has 0 aliphatic carbocycles. The van der Waals surface area contributed by atoms with Crippen LogP contribution in [0.3, 0.4) is 0 Å².